The predicted octanol–water partition coefficient (Wildman–Crippen LogP) is 2.31. The molecule has 0 aromatic heterocycles. The largest absolute Gasteiger partial charge is 0.314 e. The summed E-state index contributed by atoms with van der Waals surface area (Å²) in [7, 11) is -3.47. The number of benzene rings is 1. The second kappa shape index (κ2) is 7.61. The number of nitrogens with one attached hydrogen (secondary N) is 1. The van der Waals surface area contributed by atoms with E-state index in [0.29, 0.717) is 31.2 Å². The number of piperazine rings is 1. The van der Waals surface area contributed by atoms with Crippen LogP contribution >= 0.6 is 24.0 Å². The summed E-state index contributed by atoms with van der Waals surface area (Å²) in [5, 5.41) is 3.45. The first-order valence-electron chi connectivity index (χ1n) is 6.55. The van der Waals surface area contributed by atoms with Gasteiger partial charge in [-0.1, -0.05) is 31.0 Å². The summed E-state index contributed by atoms with van der Waals surface area (Å²) in [6.45, 7) is 4.43. The molecule has 0 unspecified atom stereocenters. The van der Waals surface area contributed by atoms with Crippen LogP contribution in [0.4, 0.5) is 0 Å². The highest BCUT2D eigenvalue weighted by Gasteiger charge is 2.27. The number of halogens is 2. The molecule has 20 heavy (non-hydrogen) atoms. The molecule has 0 spiro atoms. The van der Waals surface area contributed by atoms with Crippen molar-refractivity contribution in [1.82, 2.24) is 9.62 Å². The number of hydrogen-bond acceptors (Lipinski definition) is 3. The maximum atomic E-state index is 12.6. The van der Waals surface area contributed by atoms with Crippen LogP contribution in [0, 0.1) is 0 Å². The molecule has 1 aliphatic heterocycles. The number of nitrogens with zero attached hydrogens (tertiary/aromatic N) is 1. The molecule has 1 saturated heterocycles. The first-order chi connectivity index (χ1) is 9.05. The van der Waals surface area contributed by atoms with Gasteiger partial charge in [0.05, 0.1) is 5.02 Å². The molecule has 4 nitrogen and oxygen atoms in total. The van der Waals surface area contributed by atoms with Crippen LogP contribution in [0.15, 0.2) is 23.1 Å². The minimum absolute atomic E-state index is 0. The third-order valence-corrected chi connectivity index (χ3v) is 5.61. The van der Waals surface area contributed by atoms with E-state index in [1.165, 1.54) is 4.31 Å². The summed E-state index contributed by atoms with van der Waals surface area (Å²) >= 11 is 6.08. The van der Waals surface area contributed by atoms with Crippen LogP contribution < -0.4 is 5.32 Å². The average Bonchev–Trinajstić information content (AvgIpc) is 2.42. The van der Waals surface area contributed by atoms with Gasteiger partial charge in [-0.15, -0.1) is 12.4 Å². The van der Waals surface area contributed by atoms with Crippen molar-refractivity contribution in [3.05, 3.63) is 28.8 Å². The SMILES string of the molecule is CCCc1ccc(Cl)c(S(=O)(=O)N2CCNCC2)c1.Cl. The highest BCUT2D eigenvalue weighted by Crippen LogP contribution is 2.26. The fraction of sp³-hybridized carbons (Fsp3) is 0.538. The second-order valence-corrected chi connectivity index (χ2v) is 6.98. The molecule has 7 heteroatoms. The van der Waals surface area contributed by atoms with Gasteiger partial charge < -0.3 is 5.32 Å². The Balaban J connectivity index is 0.00000200. The Morgan fingerprint density at radius 1 is 1.30 bits per heavy atom. The van der Waals surface area contributed by atoms with Crippen molar-refractivity contribution in [2.45, 2.75) is 24.7 Å². The lowest BCUT2D eigenvalue weighted by atomic mass is 10.1. The first-order valence-corrected chi connectivity index (χ1v) is 8.37. The van der Waals surface area contributed by atoms with Crippen LogP contribution in [-0.2, 0) is 16.4 Å². The molecule has 1 aromatic rings. The highest BCUT2D eigenvalue weighted by molar-refractivity contribution is 7.89. The minimum Gasteiger partial charge on any atom is -0.314 e. The second-order valence-electron chi connectivity index (χ2n) is 4.67. The molecule has 1 heterocycles. The van der Waals surface area contributed by atoms with Gasteiger partial charge in [-0.25, -0.2) is 8.42 Å². The Labute approximate surface area is 132 Å². The van der Waals surface area contributed by atoms with Gasteiger partial charge in [0.1, 0.15) is 4.90 Å². The van der Waals surface area contributed by atoms with Gasteiger partial charge in [0, 0.05) is 26.2 Å². The van der Waals surface area contributed by atoms with E-state index < -0.39 is 10.0 Å². The molecule has 1 N–H and O–H groups in total. The van der Waals surface area contributed by atoms with Crippen molar-refractivity contribution in [2.75, 3.05) is 26.2 Å². The standard InChI is InChI=1S/C13H19ClN2O2S.ClH/c1-2-3-11-4-5-12(14)13(10-11)19(17,18)16-8-6-15-7-9-16;/h4-5,10,15H,2-3,6-9H2,1H3;1H. The molecule has 114 valence electrons. The van der Waals surface area contributed by atoms with E-state index in [4.69, 9.17) is 11.6 Å². The third-order valence-electron chi connectivity index (χ3n) is 3.23. The van der Waals surface area contributed by atoms with E-state index in [0.717, 1.165) is 18.4 Å². The molecule has 0 saturated carbocycles. The van der Waals surface area contributed by atoms with Crippen molar-refractivity contribution in [3.8, 4) is 0 Å². The molecule has 0 radical (unpaired) electrons. The molecule has 0 atom stereocenters. The predicted molar refractivity (Wildman–Crippen MR) is 84.3 cm³/mol. The number of rotatable bonds is 4. The fourth-order valence-corrected chi connectivity index (χ4v) is 4.18. The van der Waals surface area contributed by atoms with Crippen LogP contribution in [-0.4, -0.2) is 38.9 Å². The highest BCUT2D eigenvalue weighted by atomic mass is 35.5. The molecule has 0 aliphatic carbocycles. The lowest BCUT2D eigenvalue weighted by Crippen LogP contribution is -2.46. The zero-order valence-corrected chi connectivity index (χ0v) is 13.8. The van der Waals surface area contributed by atoms with Crippen molar-refractivity contribution >= 4 is 34.0 Å². The van der Waals surface area contributed by atoms with E-state index in [2.05, 4.69) is 12.2 Å². The van der Waals surface area contributed by atoms with Crippen molar-refractivity contribution in [1.29, 1.82) is 0 Å². The van der Waals surface area contributed by atoms with Crippen LogP contribution in [0.5, 0.6) is 0 Å². The molecule has 1 aromatic carbocycles. The summed E-state index contributed by atoms with van der Waals surface area (Å²) in [6.07, 6.45) is 1.84. The molecule has 1 fully saturated rings. The van der Waals surface area contributed by atoms with Crippen LogP contribution in [0.25, 0.3) is 0 Å². The van der Waals surface area contributed by atoms with Gasteiger partial charge in [0.25, 0.3) is 0 Å². The zero-order chi connectivity index (χ0) is 13.9. The van der Waals surface area contributed by atoms with E-state index in [1.54, 1.807) is 12.1 Å². The van der Waals surface area contributed by atoms with Crippen molar-refractivity contribution in [2.24, 2.45) is 0 Å². The van der Waals surface area contributed by atoms with E-state index in [-0.39, 0.29) is 17.3 Å². The van der Waals surface area contributed by atoms with Crippen LogP contribution in [0.3, 0.4) is 0 Å². The molecule has 0 bridgehead atoms. The topological polar surface area (TPSA) is 49.4 Å². The minimum atomic E-state index is -3.47. The lowest BCUT2D eigenvalue weighted by Gasteiger charge is -2.27. The maximum absolute atomic E-state index is 12.6. The van der Waals surface area contributed by atoms with E-state index >= 15 is 0 Å². The molecular weight excluding hydrogens is 319 g/mol. The van der Waals surface area contributed by atoms with Gasteiger partial charge in [-0.05, 0) is 24.1 Å². The summed E-state index contributed by atoms with van der Waals surface area (Å²) in [5.74, 6) is 0. The monoisotopic (exact) mass is 338 g/mol. The van der Waals surface area contributed by atoms with Gasteiger partial charge in [0.2, 0.25) is 10.0 Å². The van der Waals surface area contributed by atoms with Gasteiger partial charge in [0.15, 0.2) is 0 Å². The molecule has 0 amide bonds. The molecule has 1 aliphatic rings. The Bertz CT molecular complexity index is 543. The Morgan fingerprint density at radius 3 is 2.55 bits per heavy atom. The fourth-order valence-electron chi connectivity index (χ4n) is 2.21. The van der Waals surface area contributed by atoms with Gasteiger partial charge >= 0.3 is 0 Å². The van der Waals surface area contributed by atoms with E-state index in [1.807, 2.05) is 6.07 Å². The first kappa shape index (κ1) is 17.7. The number of aryl methyl sites for hydroxylation is 1. The van der Waals surface area contributed by atoms with Gasteiger partial charge in [-0.3, -0.25) is 0 Å². The normalized spacial score (nSPS) is 16.7. The summed E-state index contributed by atoms with van der Waals surface area (Å²) in [6, 6.07) is 5.29. The molecule has 2 rings (SSSR count). The quantitative estimate of drug-likeness (QED) is 0.916. The van der Waals surface area contributed by atoms with Crippen LogP contribution in [0.1, 0.15) is 18.9 Å². The van der Waals surface area contributed by atoms with Crippen LogP contribution in [0.2, 0.25) is 5.02 Å². The van der Waals surface area contributed by atoms with E-state index in [9.17, 15) is 8.42 Å². The Kier molecular flexibility index (Phi) is 6.75. The number of sulfonamides is 1. The summed E-state index contributed by atoms with van der Waals surface area (Å²) in [5.41, 5.74) is 1.01. The van der Waals surface area contributed by atoms with Crippen molar-refractivity contribution in [3.63, 3.8) is 0 Å². The zero-order valence-electron chi connectivity index (χ0n) is 11.4. The lowest BCUT2D eigenvalue weighted by molar-refractivity contribution is 0.360. The Morgan fingerprint density at radius 2 is 1.95 bits per heavy atom. The van der Waals surface area contributed by atoms with Gasteiger partial charge in [-0.2, -0.15) is 4.31 Å². The Hall–Kier alpha value is -0.330. The van der Waals surface area contributed by atoms with Crippen molar-refractivity contribution < 1.29 is 8.42 Å². The third kappa shape index (κ3) is 3.86. The number of hydrogen-bond donors (Lipinski definition) is 1. The summed E-state index contributed by atoms with van der Waals surface area (Å²) < 4.78 is 26.7. The summed E-state index contributed by atoms with van der Waals surface area (Å²) in [4.78, 5) is 0.238. The molecular formula is C13H20Cl2N2O2S. The average molecular weight is 339 g/mol. The smallest absolute Gasteiger partial charge is 0.244 e. The maximum Gasteiger partial charge on any atom is 0.244 e.